The lowest BCUT2D eigenvalue weighted by molar-refractivity contribution is -0.119. The molecule has 1 aromatic heterocycles. The number of anilines is 1. The van der Waals surface area contributed by atoms with E-state index in [1.54, 1.807) is 30.3 Å². The van der Waals surface area contributed by atoms with Crippen LogP contribution in [-0.2, 0) is 14.8 Å². The molecule has 0 aliphatic carbocycles. The molecule has 140 valence electrons. The molecule has 1 amide bonds. The van der Waals surface area contributed by atoms with Gasteiger partial charge in [-0.25, -0.2) is 8.42 Å². The molecule has 0 radical (unpaired) electrons. The lowest BCUT2D eigenvalue weighted by atomic mass is 10.1. The zero-order valence-corrected chi connectivity index (χ0v) is 16.4. The number of benzene rings is 2. The molecule has 0 aliphatic rings. The van der Waals surface area contributed by atoms with Crippen molar-refractivity contribution >= 4 is 32.4 Å². The maximum atomic E-state index is 12.9. The van der Waals surface area contributed by atoms with E-state index in [1.165, 1.54) is 18.4 Å². The third-order valence-corrected chi connectivity index (χ3v) is 6.07. The summed E-state index contributed by atoms with van der Waals surface area (Å²) in [6.45, 7) is 0. The SMILES string of the molecule is CN(C(C(=O)Nc1nnc(-c2ccccc2)s1)c1ccccc1)S(C)(=O)=O. The number of likely N-dealkylation sites (N-methyl/N-ethyl adjacent to an activating group) is 1. The molecule has 1 N–H and O–H groups in total. The van der Waals surface area contributed by atoms with Crippen LogP contribution < -0.4 is 5.32 Å². The molecule has 3 aromatic rings. The Balaban J connectivity index is 1.86. The molecule has 0 aliphatic heterocycles. The molecule has 1 heterocycles. The van der Waals surface area contributed by atoms with E-state index in [1.807, 2.05) is 30.3 Å². The number of hydrogen-bond acceptors (Lipinski definition) is 6. The Bertz CT molecular complexity index is 1020. The highest BCUT2D eigenvalue weighted by atomic mass is 32.2. The summed E-state index contributed by atoms with van der Waals surface area (Å²) in [6, 6.07) is 17.2. The summed E-state index contributed by atoms with van der Waals surface area (Å²) >= 11 is 1.22. The first kappa shape index (κ1) is 19.2. The van der Waals surface area contributed by atoms with Gasteiger partial charge in [-0.3, -0.25) is 10.1 Å². The third kappa shape index (κ3) is 4.57. The van der Waals surface area contributed by atoms with Gasteiger partial charge in [0.05, 0.1) is 6.26 Å². The van der Waals surface area contributed by atoms with Crippen molar-refractivity contribution in [3.05, 3.63) is 66.2 Å². The molecular formula is C18H18N4O3S2. The number of aromatic nitrogens is 2. The molecule has 7 nitrogen and oxygen atoms in total. The molecule has 0 fully saturated rings. The average Bonchev–Trinajstić information content (AvgIpc) is 3.11. The Morgan fingerprint density at radius 3 is 2.22 bits per heavy atom. The van der Waals surface area contributed by atoms with Crippen LogP contribution in [0.15, 0.2) is 60.7 Å². The fraction of sp³-hybridized carbons (Fsp3) is 0.167. The van der Waals surface area contributed by atoms with Crippen LogP contribution in [0.25, 0.3) is 10.6 Å². The van der Waals surface area contributed by atoms with Gasteiger partial charge < -0.3 is 0 Å². The minimum atomic E-state index is -3.59. The molecule has 0 saturated carbocycles. The van der Waals surface area contributed by atoms with Crippen LogP contribution in [0.2, 0.25) is 0 Å². The van der Waals surface area contributed by atoms with Crippen LogP contribution in [0.5, 0.6) is 0 Å². The second-order valence-corrected chi connectivity index (χ2v) is 8.88. The minimum Gasteiger partial charge on any atom is -0.299 e. The van der Waals surface area contributed by atoms with E-state index < -0.39 is 22.0 Å². The number of hydrogen-bond donors (Lipinski definition) is 1. The molecule has 3 rings (SSSR count). The Labute approximate surface area is 161 Å². The summed E-state index contributed by atoms with van der Waals surface area (Å²) in [4.78, 5) is 12.9. The number of nitrogens with one attached hydrogen (secondary N) is 1. The van der Waals surface area contributed by atoms with Gasteiger partial charge in [0.25, 0.3) is 0 Å². The van der Waals surface area contributed by atoms with Gasteiger partial charge in [0.1, 0.15) is 11.0 Å². The quantitative estimate of drug-likeness (QED) is 0.684. The van der Waals surface area contributed by atoms with E-state index in [0.717, 1.165) is 16.1 Å². The molecule has 9 heteroatoms. The minimum absolute atomic E-state index is 0.307. The topological polar surface area (TPSA) is 92.3 Å². The van der Waals surface area contributed by atoms with E-state index in [2.05, 4.69) is 15.5 Å². The largest absolute Gasteiger partial charge is 0.299 e. The lowest BCUT2D eigenvalue weighted by Crippen LogP contribution is -2.38. The van der Waals surface area contributed by atoms with Crippen molar-refractivity contribution in [3.63, 3.8) is 0 Å². The Morgan fingerprint density at radius 2 is 1.63 bits per heavy atom. The van der Waals surface area contributed by atoms with Gasteiger partial charge >= 0.3 is 0 Å². The Morgan fingerprint density at radius 1 is 1.04 bits per heavy atom. The fourth-order valence-corrected chi connectivity index (χ4v) is 3.85. The molecule has 2 aromatic carbocycles. The molecule has 0 saturated heterocycles. The van der Waals surface area contributed by atoms with Crippen LogP contribution in [0.4, 0.5) is 5.13 Å². The first-order valence-corrected chi connectivity index (χ1v) is 10.7. The van der Waals surface area contributed by atoms with Gasteiger partial charge in [0.2, 0.25) is 21.1 Å². The van der Waals surface area contributed by atoms with Gasteiger partial charge in [-0.2, -0.15) is 4.31 Å². The molecule has 0 bridgehead atoms. The highest BCUT2D eigenvalue weighted by molar-refractivity contribution is 7.88. The van der Waals surface area contributed by atoms with Gasteiger partial charge in [-0.05, 0) is 5.56 Å². The van der Waals surface area contributed by atoms with Gasteiger partial charge in [-0.15, -0.1) is 10.2 Å². The number of nitrogens with zero attached hydrogens (tertiary/aromatic N) is 3. The van der Waals surface area contributed by atoms with E-state index in [4.69, 9.17) is 0 Å². The number of carbonyl (C=O) groups excluding carboxylic acids is 1. The van der Waals surface area contributed by atoms with Crippen molar-refractivity contribution in [2.75, 3.05) is 18.6 Å². The van der Waals surface area contributed by atoms with Gasteiger partial charge in [0.15, 0.2) is 0 Å². The van der Waals surface area contributed by atoms with Crippen molar-refractivity contribution in [1.29, 1.82) is 0 Å². The van der Waals surface area contributed by atoms with Crippen LogP contribution in [0.3, 0.4) is 0 Å². The Kier molecular flexibility index (Phi) is 5.64. The first-order chi connectivity index (χ1) is 12.9. The third-order valence-electron chi connectivity index (χ3n) is 3.93. The molecule has 1 atom stereocenters. The van der Waals surface area contributed by atoms with Crippen molar-refractivity contribution in [3.8, 4) is 10.6 Å². The fourth-order valence-electron chi connectivity index (χ4n) is 2.50. The van der Waals surface area contributed by atoms with Crippen LogP contribution in [0, 0.1) is 0 Å². The summed E-state index contributed by atoms with van der Waals surface area (Å²) in [5, 5.41) is 11.7. The maximum Gasteiger partial charge on any atom is 0.249 e. The highest BCUT2D eigenvalue weighted by Crippen LogP contribution is 2.28. The van der Waals surface area contributed by atoms with Gasteiger partial charge in [0, 0.05) is 12.6 Å². The number of amides is 1. The zero-order valence-electron chi connectivity index (χ0n) is 14.7. The van der Waals surface area contributed by atoms with E-state index in [9.17, 15) is 13.2 Å². The average molecular weight is 403 g/mol. The predicted molar refractivity (Wildman–Crippen MR) is 106 cm³/mol. The monoisotopic (exact) mass is 402 g/mol. The van der Waals surface area contributed by atoms with E-state index >= 15 is 0 Å². The second-order valence-electron chi connectivity index (χ2n) is 5.86. The number of rotatable bonds is 6. The molecule has 0 spiro atoms. The van der Waals surface area contributed by atoms with Crippen LogP contribution >= 0.6 is 11.3 Å². The van der Waals surface area contributed by atoms with Gasteiger partial charge in [-0.1, -0.05) is 72.0 Å². The predicted octanol–water partition coefficient (Wildman–Crippen LogP) is 2.78. The van der Waals surface area contributed by atoms with Crippen molar-refractivity contribution in [1.82, 2.24) is 14.5 Å². The van der Waals surface area contributed by atoms with E-state index in [-0.39, 0.29) is 0 Å². The summed E-state index contributed by atoms with van der Waals surface area (Å²) in [6.07, 6.45) is 1.06. The summed E-state index contributed by atoms with van der Waals surface area (Å²) in [5.41, 5.74) is 1.46. The van der Waals surface area contributed by atoms with Crippen LogP contribution in [-0.4, -0.2) is 42.1 Å². The molecular weight excluding hydrogens is 384 g/mol. The normalized spacial score (nSPS) is 12.7. The Hall–Kier alpha value is -2.62. The molecule has 1 unspecified atom stereocenters. The lowest BCUT2D eigenvalue weighted by Gasteiger charge is -2.25. The maximum absolute atomic E-state index is 12.9. The summed E-state index contributed by atoms with van der Waals surface area (Å²) < 4.78 is 25.1. The summed E-state index contributed by atoms with van der Waals surface area (Å²) in [5.74, 6) is -0.495. The number of carbonyl (C=O) groups is 1. The first-order valence-electron chi connectivity index (χ1n) is 8.04. The van der Waals surface area contributed by atoms with Crippen LogP contribution in [0.1, 0.15) is 11.6 Å². The standard InChI is InChI=1S/C18H18N4O3S2/c1-22(27(2,24)25)15(13-9-5-3-6-10-13)16(23)19-18-21-20-17(26-18)14-11-7-4-8-12-14/h3-12,15H,1-2H3,(H,19,21,23). The van der Waals surface area contributed by atoms with E-state index in [0.29, 0.717) is 15.7 Å². The second kappa shape index (κ2) is 7.95. The zero-order chi connectivity index (χ0) is 19.4. The van der Waals surface area contributed by atoms with Crippen molar-refractivity contribution in [2.45, 2.75) is 6.04 Å². The highest BCUT2D eigenvalue weighted by Gasteiger charge is 2.31. The summed E-state index contributed by atoms with van der Waals surface area (Å²) in [7, 11) is -2.21. The van der Waals surface area contributed by atoms with Crippen molar-refractivity contribution < 1.29 is 13.2 Å². The smallest absolute Gasteiger partial charge is 0.249 e. The molecule has 27 heavy (non-hydrogen) atoms. The number of sulfonamides is 1. The van der Waals surface area contributed by atoms with Crippen molar-refractivity contribution in [2.24, 2.45) is 0 Å².